The lowest BCUT2D eigenvalue weighted by molar-refractivity contribution is 0.382. The molecule has 3 aromatic rings. The van der Waals surface area contributed by atoms with Crippen molar-refractivity contribution in [2.75, 3.05) is 36.4 Å². The molecule has 2 heterocycles. The molecule has 0 unspecified atom stereocenters. The molecule has 7 nitrogen and oxygen atoms in total. The summed E-state index contributed by atoms with van der Waals surface area (Å²) in [5, 5.41) is 3.91. The van der Waals surface area contributed by atoms with E-state index in [1.165, 1.54) is 5.56 Å². The van der Waals surface area contributed by atoms with E-state index in [9.17, 15) is 8.42 Å². The number of aromatic nitrogens is 2. The van der Waals surface area contributed by atoms with Gasteiger partial charge in [0.1, 0.15) is 5.82 Å². The molecule has 0 aliphatic carbocycles. The Labute approximate surface area is 194 Å². The Morgan fingerprint density at radius 1 is 0.938 bits per heavy atom. The minimum atomic E-state index is -3.41. The van der Waals surface area contributed by atoms with E-state index in [2.05, 4.69) is 15.3 Å². The van der Waals surface area contributed by atoms with Gasteiger partial charge >= 0.3 is 0 Å². The summed E-state index contributed by atoms with van der Waals surface area (Å²) >= 11 is 5.90. The summed E-state index contributed by atoms with van der Waals surface area (Å²) in [4.78, 5) is 11.3. The van der Waals surface area contributed by atoms with Crippen molar-refractivity contribution in [2.24, 2.45) is 0 Å². The Kier molecular flexibility index (Phi) is 6.64. The molecule has 0 bridgehead atoms. The maximum atomic E-state index is 12.9. The van der Waals surface area contributed by atoms with Crippen molar-refractivity contribution in [3.8, 4) is 0 Å². The van der Waals surface area contributed by atoms with Crippen LogP contribution in [0.25, 0.3) is 0 Å². The molecule has 1 aliphatic heterocycles. The topological polar surface area (TPSA) is 78.4 Å². The lowest BCUT2D eigenvalue weighted by atomic mass is 10.2. The van der Waals surface area contributed by atoms with Crippen LogP contribution in [-0.2, 0) is 15.8 Å². The molecule has 0 amide bonds. The minimum absolute atomic E-state index is 0.0320. The predicted molar refractivity (Wildman–Crippen MR) is 129 cm³/mol. The molecule has 9 heteroatoms. The standard InChI is InChI=1S/C23H26ClN5O2S/c1-17-3-9-21(10-4-17)26-22-15-18(2)25-23(27-22)28-11-13-29(14-12-28)32(30,31)16-19-5-7-20(24)8-6-19/h3-10,15H,11-14,16H2,1-2H3,(H,25,26,27). The molecule has 0 radical (unpaired) electrons. The number of hydrogen-bond acceptors (Lipinski definition) is 6. The van der Waals surface area contributed by atoms with Gasteiger partial charge in [0, 0.05) is 48.6 Å². The number of aryl methyl sites for hydroxylation is 2. The summed E-state index contributed by atoms with van der Waals surface area (Å²) < 4.78 is 27.2. The van der Waals surface area contributed by atoms with Crippen LogP contribution in [-0.4, -0.2) is 48.9 Å². The molecular weight excluding hydrogens is 446 g/mol. The molecular formula is C23H26ClN5O2S. The van der Waals surface area contributed by atoms with Crippen molar-refractivity contribution in [3.05, 3.63) is 76.4 Å². The summed E-state index contributed by atoms with van der Waals surface area (Å²) in [6.07, 6.45) is 0. The van der Waals surface area contributed by atoms with Crippen LogP contribution in [0.15, 0.2) is 54.6 Å². The number of piperazine rings is 1. The van der Waals surface area contributed by atoms with Crippen LogP contribution in [0.1, 0.15) is 16.8 Å². The first kappa shape index (κ1) is 22.5. The summed E-state index contributed by atoms with van der Waals surface area (Å²) in [5.41, 5.74) is 3.73. The van der Waals surface area contributed by atoms with Crippen molar-refractivity contribution in [3.63, 3.8) is 0 Å². The Hall–Kier alpha value is -2.68. The van der Waals surface area contributed by atoms with Crippen molar-refractivity contribution in [2.45, 2.75) is 19.6 Å². The van der Waals surface area contributed by atoms with E-state index in [1.54, 1.807) is 28.6 Å². The van der Waals surface area contributed by atoms with Gasteiger partial charge in [-0.05, 0) is 43.7 Å². The fourth-order valence-electron chi connectivity index (χ4n) is 3.59. The van der Waals surface area contributed by atoms with Crippen molar-refractivity contribution < 1.29 is 8.42 Å². The molecule has 4 rings (SSSR count). The van der Waals surface area contributed by atoms with Gasteiger partial charge in [0.2, 0.25) is 16.0 Å². The van der Waals surface area contributed by atoms with Gasteiger partial charge in [-0.3, -0.25) is 0 Å². The number of nitrogens with zero attached hydrogens (tertiary/aromatic N) is 4. The van der Waals surface area contributed by atoms with Crippen LogP contribution in [0, 0.1) is 13.8 Å². The lowest BCUT2D eigenvalue weighted by Gasteiger charge is -2.34. The average Bonchev–Trinajstić information content (AvgIpc) is 2.76. The molecule has 2 aromatic carbocycles. The molecule has 1 saturated heterocycles. The number of benzene rings is 2. The van der Waals surface area contributed by atoms with E-state index in [0.717, 1.165) is 16.9 Å². The van der Waals surface area contributed by atoms with Crippen LogP contribution in [0.2, 0.25) is 5.02 Å². The van der Waals surface area contributed by atoms with E-state index in [1.807, 2.05) is 49.1 Å². The first-order valence-corrected chi connectivity index (χ1v) is 12.4. The van der Waals surface area contributed by atoms with Crippen molar-refractivity contribution in [1.82, 2.24) is 14.3 Å². The third kappa shape index (κ3) is 5.56. The normalized spacial score (nSPS) is 15.0. The zero-order chi connectivity index (χ0) is 22.7. The van der Waals surface area contributed by atoms with Gasteiger partial charge in [-0.15, -0.1) is 0 Å². The van der Waals surface area contributed by atoms with Crippen LogP contribution < -0.4 is 10.2 Å². The molecule has 0 atom stereocenters. The summed E-state index contributed by atoms with van der Waals surface area (Å²) in [6.45, 7) is 5.84. The average molecular weight is 472 g/mol. The van der Waals surface area contributed by atoms with Gasteiger partial charge in [0.15, 0.2) is 0 Å². The second-order valence-corrected chi connectivity index (χ2v) is 10.4. The Bertz CT molecular complexity index is 1180. The van der Waals surface area contributed by atoms with Crippen LogP contribution in [0.4, 0.5) is 17.5 Å². The number of anilines is 3. The molecule has 0 spiro atoms. The number of nitrogens with one attached hydrogen (secondary N) is 1. The first-order valence-electron chi connectivity index (χ1n) is 10.5. The number of rotatable bonds is 6. The Morgan fingerprint density at radius 2 is 1.59 bits per heavy atom. The largest absolute Gasteiger partial charge is 0.340 e. The third-order valence-electron chi connectivity index (χ3n) is 5.34. The Morgan fingerprint density at radius 3 is 2.25 bits per heavy atom. The highest BCUT2D eigenvalue weighted by molar-refractivity contribution is 7.88. The lowest BCUT2D eigenvalue weighted by Crippen LogP contribution is -2.49. The fourth-order valence-corrected chi connectivity index (χ4v) is 5.23. The summed E-state index contributed by atoms with van der Waals surface area (Å²) in [7, 11) is -3.41. The van der Waals surface area contributed by atoms with Crippen LogP contribution in [0.3, 0.4) is 0 Å². The smallest absolute Gasteiger partial charge is 0.227 e. The van der Waals surface area contributed by atoms with E-state index in [4.69, 9.17) is 11.6 Å². The second-order valence-electron chi connectivity index (χ2n) is 7.95. The van der Waals surface area contributed by atoms with Gasteiger partial charge in [-0.1, -0.05) is 41.4 Å². The molecule has 1 fully saturated rings. The summed E-state index contributed by atoms with van der Waals surface area (Å²) in [6, 6.07) is 16.9. The second kappa shape index (κ2) is 9.44. The fraction of sp³-hybridized carbons (Fsp3) is 0.304. The third-order valence-corrected chi connectivity index (χ3v) is 7.45. The zero-order valence-electron chi connectivity index (χ0n) is 18.1. The maximum absolute atomic E-state index is 12.9. The van der Waals surface area contributed by atoms with Gasteiger partial charge < -0.3 is 10.2 Å². The first-order chi connectivity index (χ1) is 15.3. The van der Waals surface area contributed by atoms with Gasteiger partial charge in [0.05, 0.1) is 5.75 Å². The molecule has 1 aliphatic rings. The molecule has 32 heavy (non-hydrogen) atoms. The van der Waals surface area contributed by atoms with Gasteiger partial charge in [-0.25, -0.2) is 13.4 Å². The molecule has 1 N–H and O–H groups in total. The van der Waals surface area contributed by atoms with Crippen molar-refractivity contribution >= 4 is 39.1 Å². The quantitative estimate of drug-likeness (QED) is 0.582. The van der Waals surface area contributed by atoms with Gasteiger partial charge in [-0.2, -0.15) is 9.29 Å². The summed E-state index contributed by atoms with van der Waals surface area (Å²) in [5.74, 6) is 1.29. The maximum Gasteiger partial charge on any atom is 0.227 e. The van der Waals surface area contributed by atoms with Crippen LogP contribution >= 0.6 is 11.6 Å². The predicted octanol–water partition coefficient (Wildman–Crippen LogP) is 4.14. The Balaban J connectivity index is 1.41. The zero-order valence-corrected chi connectivity index (χ0v) is 19.7. The molecule has 0 saturated carbocycles. The van der Waals surface area contributed by atoms with E-state index < -0.39 is 10.0 Å². The van der Waals surface area contributed by atoms with E-state index in [-0.39, 0.29) is 5.75 Å². The highest BCUT2D eigenvalue weighted by Gasteiger charge is 2.28. The number of sulfonamides is 1. The highest BCUT2D eigenvalue weighted by Crippen LogP contribution is 2.21. The molecule has 168 valence electrons. The minimum Gasteiger partial charge on any atom is -0.340 e. The highest BCUT2D eigenvalue weighted by atomic mass is 35.5. The monoisotopic (exact) mass is 471 g/mol. The molecule has 1 aromatic heterocycles. The van der Waals surface area contributed by atoms with Crippen molar-refractivity contribution in [1.29, 1.82) is 0 Å². The van der Waals surface area contributed by atoms with Gasteiger partial charge in [0.25, 0.3) is 0 Å². The number of halogens is 1. The van der Waals surface area contributed by atoms with E-state index in [0.29, 0.717) is 43.0 Å². The number of hydrogen-bond donors (Lipinski definition) is 1. The van der Waals surface area contributed by atoms with E-state index >= 15 is 0 Å². The van der Waals surface area contributed by atoms with Crippen LogP contribution in [0.5, 0.6) is 0 Å². The SMILES string of the molecule is Cc1ccc(Nc2cc(C)nc(N3CCN(S(=O)(=O)Cc4ccc(Cl)cc4)CC3)n2)cc1.